The molecule has 94 valence electrons. The summed E-state index contributed by atoms with van der Waals surface area (Å²) in [5.74, 6) is 0.570. The highest BCUT2D eigenvalue weighted by Crippen LogP contribution is 2.29. The van der Waals surface area contributed by atoms with Crippen molar-refractivity contribution < 1.29 is 14.3 Å². The fraction of sp³-hybridized carbons (Fsp3) is 0.417. The summed E-state index contributed by atoms with van der Waals surface area (Å²) in [7, 11) is 1.62. The van der Waals surface area contributed by atoms with E-state index in [0.29, 0.717) is 11.9 Å². The van der Waals surface area contributed by atoms with Gasteiger partial charge in [0, 0.05) is 15.4 Å². The Labute approximate surface area is 118 Å². The van der Waals surface area contributed by atoms with Crippen LogP contribution in [-0.2, 0) is 21.3 Å². The predicted octanol–water partition coefficient (Wildman–Crippen LogP) is 3.46. The van der Waals surface area contributed by atoms with Gasteiger partial charge in [-0.15, -0.1) is 0 Å². The first kappa shape index (κ1) is 14.5. The maximum absolute atomic E-state index is 11.4. The lowest BCUT2D eigenvalue weighted by molar-refractivity contribution is -0.142. The van der Waals surface area contributed by atoms with E-state index in [2.05, 4.69) is 31.9 Å². The minimum absolute atomic E-state index is 0.223. The van der Waals surface area contributed by atoms with Gasteiger partial charge < -0.3 is 9.47 Å². The molecule has 0 unspecified atom stereocenters. The van der Waals surface area contributed by atoms with Crippen LogP contribution >= 0.6 is 31.9 Å². The molecule has 5 heteroatoms. The van der Waals surface area contributed by atoms with Crippen molar-refractivity contribution in [2.75, 3.05) is 13.7 Å². The molecule has 0 fully saturated rings. The van der Waals surface area contributed by atoms with Gasteiger partial charge in [-0.3, -0.25) is 4.79 Å². The molecular weight excluding hydrogens is 352 g/mol. The standard InChI is InChI=1S/C12H14Br2O3/c1-3-17-12(15)5-8-4-9(7-13)11(16-2)6-10(8)14/h4,6H,3,5,7H2,1-2H3. The topological polar surface area (TPSA) is 35.5 Å². The summed E-state index contributed by atoms with van der Waals surface area (Å²) < 4.78 is 11.0. The van der Waals surface area contributed by atoms with Crippen LogP contribution in [-0.4, -0.2) is 19.7 Å². The highest BCUT2D eigenvalue weighted by molar-refractivity contribution is 9.10. The quantitative estimate of drug-likeness (QED) is 0.592. The predicted molar refractivity (Wildman–Crippen MR) is 73.7 cm³/mol. The van der Waals surface area contributed by atoms with E-state index in [1.54, 1.807) is 14.0 Å². The molecule has 17 heavy (non-hydrogen) atoms. The zero-order valence-corrected chi connectivity index (χ0v) is 12.9. The molecule has 1 aromatic carbocycles. The molecule has 0 saturated carbocycles. The van der Waals surface area contributed by atoms with Crippen molar-refractivity contribution in [3.8, 4) is 5.75 Å². The highest BCUT2D eigenvalue weighted by Gasteiger charge is 2.12. The highest BCUT2D eigenvalue weighted by atomic mass is 79.9. The van der Waals surface area contributed by atoms with Crippen LogP contribution in [0.2, 0.25) is 0 Å². The van der Waals surface area contributed by atoms with Crippen LogP contribution in [0, 0.1) is 0 Å². The number of methoxy groups -OCH3 is 1. The number of hydrogen-bond donors (Lipinski definition) is 0. The SMILES string of the molecule is CCOC(=O)Cc1cc(CBr)c(OC)cc1Br. The van der Waals surface area contributed by atoms with Gasteiger partial charge in [0.05, 0.1) is 20.1 Å². The lowest BCUT2D eigenvalue weighted by Crippen LogP contribution is -2.08. The Morgan fingerprint density at radius 3 is 2.59 bits per heavy atom. The summed E-state index contributed by atoms with van der Waals surface area (Å²) in [5.41, 5.74) is 1.91. The van der Waals surface area contributed by atoms with Crippen LogP contribution < -0.4 is 4.74 Å². The number of rotatable bonds is 5. The van der Waals surface area contributed by atoms with E-state index in [1.807, 2.05) is 12.1 Å². The van der Waals surface area contributed by atoms with Crippen molar-refractivity contribution in [1.82, 2.24) is 0 Å². The Kier molecular flexibility index (Phi) is 5.98. The van der Waals surface area contributed by atoms with Crippen LogP contribution in [0.5, 0.6) is 5.75 Å². The zero-order chi connectivity index (χ0) is 12.8. The molecule has 0 aromatic heterocycles. The van der Waals surface area contributed by atoms with Gasteiger partial charge in [-0.2, -0.15) is 0 Å². The number of carbonyl (C=O) groups is 1. The smallest absolute Gasteiger partial charge is 0.310 e. The summed E-state index contributed by atoms with van der Waals surface area (Å²) in [6.45, 7) is 2.20. The molecule has 0 aliphatic heterocycles. The number of esters is 1. The first-order chi connectivity index (χ1) is 8.12. The number of alkyl halides is 1. The van der Waals surface area contributed by atoms with Crippen LogP contribution in [0.1, 0.15) is 18.1 Å². The van der Waals surface area contributed by atoms with E-state index in [9.17, 15) is 4.79 Å². The van der Waals surface area contributed by atoms with Gasteiger partial charge in [-0.1, -0.05) is 31.9 Å². The second kappa shape index (κ2) is 7.01. The van der Waals surface area contributed by atoms with E-state index in [-0.39, 0.29) is 12.4 Å². The summed E-state index contributed by atoms with van der Waals surface area (Å²) in [6.07, 6.45) is 0.262. The zero-order valence-electron chi connectivity index (χ0n) is 9.76. The average Bonchev–Trinajstić information content (AvgIpc) is 2.31. The molecule has 0 amide bonds. The molecule has 0 N–H and O–H groups in total. The molecule has 0 saturated heterocycles. The second-order valence-electron chi connectivity index (χ2n) is 3.37. The molecule has 0 bridgehead atoms. The largest absolute Gasteiger partial charge is 0.496 e. The van der Waals surface area contributed by atoms with E-state index in [0.717, 1.165) is 21.3 Å². The fourth-order valence-corrected chi connectivity index (χ4v) is 2.35. The van der Waals surface area contributed by atoms with Gasteiger partial charge in [-0.25, -0.2) is 0 Å². The van der Waals surface area contributed by atoms with Crippen molar-refractivity contribution in [3.05, 3.63) is 27.7 Å². The monoisotopic (exact) mass is 364 g/mol. The van der Waals surface area contributed by atoms with Crippen LogP contribution in [0.15, 0.2) is 16.6 Å². The molecule has 0 aliphatic carbocycles. The van der Waals surface area contributed by atoms with E-state index in [4.69, 9.17) is 9.47 Å². The normalized spacial score (nSPS) is 10.1. The maximum Gasteiger partial charge on any atom is 0.310 e. The Balaban J connectivity index is 2.96. The molecular formula is C12H14Br2O3. The average molecular weight is 366 g/mol. The molecule has 0 radical (unpaired) electrons. The molecule has 3 nitrogen and oxygen atoms in total. The first-order valence-corrected chi connectivity index (χ1v) is 7.10. The van der Waals surface area contributed by atoms with Gasteiger partial charge in [0.15, 0.2) is 0 Å². The molecule has 0 atom stereocenters. The second-order valence-corrected chi connectivity index (χ2v) is 4.79. The van der Waals surface area contributed by atoms with E-state index in [1.165, 1.54) is 0 Å². The third kappa shape index (κ3) is 4.00. The van der Waals surface area contributed by atoms with Gasteiger partial charge in [0.25, 0.3) is 0 Å². The Bertz CT molecular complexity index is 405. The summed E-state index contributed by atoms with van der Waals surface area (Å²) in [4.78, 5) is 11.4. The minimum Gasteiger partial charge on any atom is -0.496 e. The van der Waals surface area contributed by atoms with Crippen molar-refractivity contribution in [2.45, 2.75) is 18.7 Å². The molecule has 1 aromatic rings. The Hall–Kier alpha value is -0.550. The fourth-order valence-electron chi connectivity index (χ4n) is 1.45. The van der Waals surface area contributed by atoms with Crippen molar-refractivity contribution in [2.24, 2.45) is 0 Å². The van der Waals surface area contributed by atoms with Gasteiger partial charge in [-0.05, 0) is 24.6 Å². The number of halogens is 2. The van der Waals surface area contributed by atoms with E-state index < -0.39 is 0 Å². The first-order valence-electron chi connectivity index (χ1n) is 5.19. The van der Waals surface area contributed by atoms with Crippen molar-refractivity contribution in [1.29, 1.82) is 0 Å². The molecule has 1 rings (SSSR count). The van der Waals surface area contributed by atoms with Crippen molar-refractivity contribution in [3.63, 3.8) is 0 Å². The Morgan fingerprint density at radius 1 is 1.35 bits per heavy atom. The summed E-state index contributed by atoms with van der Waals surface area (Å²) in [5, 5.41) is 0.680. The lowest BCUT2D eigenvalue weighted by Gasteiger charge is -2.11. The van der Waals surface area contributed by atoms with Crippen LogP contribution in [0.3, 0.4) is 0 Å². The summed E-state index contributed by atoms with van der Waals surface area (Å²) in [6, 6.07) is 3.81. The van der Waals surface area contributed by atoms with Crippen LogP contribution in [0.25, 0.3) is 0 Å². The maximum atomic E-state index is 11.4. The lowest BCUT2D eigenvalue weighted by atomic mass is 10.1. The van der Waals surface area contributed by atoms with E-state index >= 15 is 0 Å². The number of ether oxygens (including phenoxy) is 2. The van der Waals surface area contributed by atoms with Gasteiger partial charge >= 0.3 is 5.97 Å². The summed E-state index contributed by atoms with van der Waals surface area (Å²) >= 11 is 6.82. The minimum atomic E-state index is -0.223. The van der Waals surface area contributed by atoms with Crippen molar-refractivity contribution >= 4 is 37.8 Å². The molecule has 0 aliphatic rings. The third-order valence-corrected chi connectivity index (χ3v) is 3.58. The molecule has 0 heterocycles. The van der Waals surface area contributed by atoms with Crippen LogP contribution in [0.4, 0.5) is 0 Å². The van der Waals surface area contributed by atoms with Gasteiger partial charge in [0.2, 0.25) is 0 Å². The third-order valence-electron chi connectivity index (χ3n) is 2.23. The van der Waals surface area contributed by atoms with Gasteiger partial charge in [0.1, 0.15) is 5.75 Å². The molecule has 0 spiro atoms. The Morgan fingerprint density at radius 2 is 2.06 bits per heavy atom. The number of benzene rings is 1. The number of hydrogen-bond acceptors (Lipinski definition) is 3. The number of carbonyl (C=O) groups excluding carboxylic acids is 1.